The maximum Gasteiger partial charge on any atom is 1.00 e. The van der Waals surface area contributed by atoms with Crippen molar-refractivity contribution in [3.8, 4) is 0 Å². The number of aliphatic hydroxyl groups is 1. The van der Waals surface area contributed by atoms with Crippen LogP contribution in [-0.4, -0.2) is 29.4 Å². The monoisotopic (exact) mass is 372 g/mol. The molecule has 0 saturated carbocycles. The van der Waals surface area contributed by atoms with E-state index in [1.165, 1.54) is 51.4 Å². The SMILES string of the molecule is CCCCCCCCCCCCCC(O)C(CCC)S(=O)(=O)[O-].[Na+]. The van der Waals surface area contributed by atoms with Crippen molar-refractivity contribution in [2.24, 2.45) is 0 Å². The molecule has 0 aromatic heterocycles. The van der Waals surface area contributed by atoms with Crippen molar-refractivity contribution in [2.75, 3.05) is 0 Å². The molecule has 4 nitrogen and oxygen atoms in total. The molecule has 0 saturated heterocycles. The molecule has 0 fully saturated rings. The first kappa shape index (κ1) is 27.1. The fourth-order valence-electron chi connectivity index (χ4n) is 3.02. The van der Waals surface area contributed by atoms with E-state index in [-0.39, 0.29) is 36.0 Å². The van der Waals surface area contributed by atoms with Gasteiger partial charge in [-0.25, -0.2) is 8.42 Å². The summed E-state index contributed by atoms with van der Waals surface area (Å²) in [5.41, 5.74) is 0. The molecule has 0 aromatic rings. The number of unbranched alkanes of at least 4 members (excludes halogenated alkanes) is 10. The van der Waals surface area contributed by atoms with Gasteiger partial charge in [0, 0.05) is 0 Å². The predicted octanol–water partition coefficient (Wildman–Crippen LogP) is 1.77. The second-order valence-electron chi connectivity index (χ2n) is 6.71. The topological polar surface area (TPSA) is 77.4 Å². The van der Waals surface area contributed by atoms with Crippen molar-refractivity contribution >= 4 is 10.1 Å². The van der Waals surface area contributed by atoms with E-state index in [4.69, 9.17) is 0 Å². The van der Waals surface area contributed by atoms with E-state index in [2.05, 4.69) is 6.92 Å². The van der Waals surface area contributed by atoms with Crippen molar-refractivity contribution in [3.63, 3.8) is 0 Å². The largest absolute Gasteiger partial charge is 1.00 e. The quantitative estimate of drug-likeness (QED) is 0.254. The fourth-order valence-corrected chi connectivity index (χ4v) is 4.06. The minimum Gasteiger partial charge on any atom is -0.748 e. The summed E-state index contributed by atoms with van der Waals surface area (Å²) >= 11 is 0. The second kappa shape index (κ2) is 17.3. The molecule has 0 rings (SSSR count). The average Bonchev–Trinajstić information content (AvgIpc) is 2.48. The first-order chi connectivity index (χ1) is 10.9. The van der Waals surface area contributed by atoms with Crippen molar-refractivity contribution < 1.29 is 47.6 Å². The Bertz CT molecular complexity index is 360. The zero-order valence-corrected chi connectivity index (χ0v) is 19.0. The third kappa shape index (κ3) is 15.2. The molecule has 0 aromatic carbocycles. The number of hydrogen-bond donors (Lipinski definition) is 1. The van der Waals surface area contributed by atoms with E-state index in [1.807, 2.05) is 6.92 Å². The summed E-state index contributed by atoms with van der Waals surface area (Å²) < 4.78 is 33.4. The number of hydrogen-bond acceptors (Lipinski definition) is 4. The number of rotatable bonds is 16. The van der Waals surface area contributed by atoms with Crippen LogP contribution in [-0.2, 0) is 10.1 Å². The Morgan fingerprint density at radius 1 is 0.750 bits per heavy atom. The van der Waals surface area contributed by atoms with Gasteiger partial charge in [-0.05, 0) is 12.8 Å². The minimum atomic E-state index is -4.39. The molecule has 24 heavy (non-hydrogen) atoms. The molecule has 0 heterocycles. The Hall–Kier alpha value is 0.870. The van der Waals surface area contributed by atoms with E-state index in [1.54, 1.807) is 0 Å². The Kier molecular flexibility index (Phi) is 19.5. The van der Waals surface area contributed by atoms with Crippen LogP contribution in [0.3, 0.4) is 0 Å². The molecule has 140 valence electrons. The molecule has 0 radical (unpaired) electrons. The summed E-state index contributed by atoms with van der Waals surface area (Å²) in [6, 6.07) is 0. The Morgan fingerprint density at radius 2 is 1.17 bits per heavy atom. The van der Waals surface area contributed by atoms with Crippen LogP contribution < -0.4 is 29.6 Å². The molecule has 0 aliphatic heterocycles. The summed E-state index contributed by atoms with van der Waals surface area (Å²) in [5.74, 6) is 0. The van der Waals surface area contributed by atoms with Crippen molar-refractivity contribution in [3.05, 3.63) is 0 Å². The fraction of sp³-hybridized carbons (Fsp3) is 1.00. The van der Waals surface area contributed by atoms with E-state index < -0.39 is 21.5 Å². The van der Waals surface area contributed by atoms with Gasteiger partial charge < -0.3 is 9.66 Å². The van der Waals surface area contributed by atoms with Crippen LogP contribution in [0.25, 0.3) is 0 Å². The second-order valence-corrected chi connectivity index (χ2v) is 8.30. The van der Waals surface area contributed by atoms with Gasteiger partial charge in [-0.15, -0.1) is 0 Å². The average molecular weight is 373 g/mol. The van der Waals surface area contributed by atoms with E-state index in [9.17, 15) is 18.1 Å². The Labute approximate surface area is 172 Å². The van der Waals surface area contributed by atoms with Gasteiger partial charge in [-0.2, -0.15) is 0 Å². The molecule has 0 aliphatic carbocycles. The van der Waals surface area contributed by atoms with Crippen LogP contribution in [0.1, 0.15) is 104 Å². The standard InChI is InChI=1S/C18H38O4S.Na/c1-3-5-6-7-8-9-10-11-12-13-14-16-17(19)18(15-4-2)23(20,21)22;/h17-19H,3-16H2,1-2H3,(H,20,21,22);/q;+1/p-1. The molecule has 0 spiro atoms. The molecule has 0 bridgehead atoms. The molecule has 6 heteroatoms. The van der Waals surface area contributed by atoms with Crippen LogP contribution >= 0.6 is 0 Å². The Balaban J connectivity index is 0. The molecule has 0 amide bonds. The van der Waals surface area contributed by atoms with Gasteiger partial charge in [0.05, 0.1) is 11.4 Å². The maximum absolute atomic E-state index is 11.1. The van der Waals surface area contributed by atoms with Gasteiger partial charge >= 0.3 is 29.6 Å². The zero-order chi connectivity index (χ0) is 17.6. The third-order valence-corrected chi connectivity index (χ3v) is 5.77. The third-order valence-electron chi connectivity index (χ3n) is 4.48. The molecular formula is C18H37NaO4S. The van der Waals surface area contributed by atoms with Crippen molar-refractivity contribution in [1.82, 2.24) is 0 Å². The molecule has 2 atom stereocenters. The van der Waals surface area contributed by atoms with Gasteiger partial charge in [0.1, 0.15) is 10.1 Å². The first-order valence-corrected chi connectivity index (χ1v) is 11.0. The molecular weight excluding hydrogens is 335 g/mol. The van der Waals surface area contributed by atoms with Crippen LogP contribution in [0.2, 0.25) is 0 Å². The number of aliphatic hydroxyl groups excluding tert-OH is 1. The van der Waals surface area contributed by atoms with Crippen molar-refractivity contribution in [1.29, 1.82) is 0 Å². The van der Waals surface area contributed by atoms with Crippen LogP contribution in [0.5, 0.6) is 0 Å². The van der Waals surface area contributed by atoms with Gasteiger partial charge in [0.25, 0.3) is 0 Å². The zero-order valence-electron chi connectivity index (χ0n) is 16.1. The van der Waals surface area contributed by atoms with Crippen molar-refractivity contribution in [2.45, 2.75) is 115 Å². The summed E-state index contributed by atoms with van der Waals surface area (Å²) in [5, 5.41) is 8.81. The van der Waals surface area contributed by atoms with Crippen LogP contribution in [0.4, 0.5) is 0 Å². The van der Waals surface area contributed by atoms with Crippen LogP contribution in [0.15, 0.2) is 0 Å². The van der Waals surface area contributed by atoms with Gasteiger partial charge in [0.2, 0.25) is 0 Å². The minimum absolute atomic E-state index is 0. The van der Waals surface area contributed by atoms with Gasteiger partial charge in [-0.3, -0.25) is 0 Å². The maximum atomic E-state index is 11.1. The normalized spacial score (nSPS) is 14.2. The molecule has 2 unspecified atom stereocenters. The summed E-state index contributed by atoms with van der Waals surface area (Å²) in [7, 11) is -4.39. The summed E-state index contributed by atoms with van der Waals surface area (Å²) in [6.07, 6.45) is 13.7. The van der Waals surface area contributed by atoms with Gasteiger partial charge in [0.15, 0.2) is 0 Å². The molecule has 0 aliphatic rings. The van der Waals surface area contributed by atoms with Crippen LogP contribution in [0, 0.1) is 0 Å². The van der Waals surface area contributed by atoms with E-state index in [0.29, 0.717) is 12.8 Å². The van der Waals surface area contributed by atoms with E-state index in [0.717, 1.165) is 19.3 Å². The Morgan fingerprint density at radius 3 is 1.54 bits per heavy atom. The first-order valence-electron chi connectivity index (χ1n) is 9.56. The predicted molar refractivity (Wildman–Crippen MR) is 95.5 cm³/mol. The molecule has 1 N–H and O–H groups in total. The van der Waals surface area contributed by atoms with Gasteiger partial charge in [-0.1, -0.05) is 90.9 Å². The summed E-state index contributed by atoms with van der Waals surface area (Å²) in [4.78, 5) is 0. The van der Waals surface area contributed by atoms with E-state index >= 15 is 0 Å². The summed E-state index contributed by atoms with van der Waals surface area (Å²) in [6.45, 7) is 4.06. The smallest absolute Gasteiger partial charge is 0.748 e.